The molecule has 8 heteroatoms. The summed E-state index contributed by atoms with van der Waals surface area (Å²) in [5.74, 6) is 0.760. The number of amides is 2. The smallest absolute Gasteiger partial charge is 0.317 e. The molecular weight excluding hydrogens is 326 g/mol. The van der Waals surface area contributed by atoms with E-state index in [2.05, 4.69) is 25.7 Å². The molecule has 1 aliphatic heterocycles. The van der Waals surface area contributed by atoms with Crippen LogP contribution in [0.3, 0.4) is 0 Å². The molecule has 130 valence electrons. The lowest BCUT2D eigenvalue weighted by Gasteiger charge is -2.34. The summed E-state index contributed by atoms with van der Waals surface area (Å²) in [4.78, 5) is 21.0. The van der Waals surface area contributed by atoms with Crippen molar-refractivity contribution in [1.82, 2.24) is 25.3 Å². The lowest BCUT2D eigenvalue weighted by molar-refractivity contribution is 0.134. The topological polar surface area (TPSA) is 74.5 Å². The van der Waals surface area contributed by atoms with Gasteiger partial charge in [-0.25, -0.2) is 9.78 Å². The number of piperazine rings is 1. The van der Waals surface area contributed by atoms with Crippen LogP contribution in [0, 0.1) is 20.8 Å². The van der Waals surface area contributed by atoms with Crippen LogP contribution in [0.15, 0.2) is 9.90 Å². The summed E-state index contributed by atoms with van der Waals surface area (Å²) in [5, 5.41) is 10.1. The van der Waals surface area contributed by atoms with Crippen molar-refractivity contribution in [2.24, 2.45) is 0 Å². The number of carbonyl (C=O) groups excluding carboxylic acids is 1. The van der Waals surface area contributed by atoms with E-state index in [1.807, 2.05) is 25.7 Å². The molecule has 7 nitrogen and oxygen atoms in total. The third-order valence-corrected chi connectivity index (χ3v) is 5.13. The fourth-order valence-electron chi connectivity index (χ4n) is 2.85. The Morgan fingerprint density at radius 1 is 1.29 bits per heavy atom. The van der Waals surface area contributed by atoms with Crippen LogP contribution < -0.4 is 5.32 Å². The highest BCUT2D eigenvalue weighted by atomic mass is 32.1. The molecule has 0 spiro atoms. The van der Waals surface area contributed by atoms with E-state index in [0.717, 1.165) is 60.4 Å². The van der Waals surface area contributed by atoms with Crippen LogP contribution in [0.2, 0.25) is 0 Å². The van der Waals surface area contributed by atoms with E-state index in [0.29, 0.717) is 6.54 Å². The van der Waals surface area contributed by atoms with E-state index in [1.54, 1.807) is 11.3 Å². The van der Waals surface area contributed by atoms with E-state index in [9.17, 15) is 4.79 Å². The summed E-state index contributed by atoms with van der Waals surface area (Å²) in [6.07, 6.45) is 0. The highest BCUT2D eigenvalue weighted by Crippen LogP contribution is 2.13. The largest absolute Gasteiger partial charge is 0.361 e. The number of hydrogen-bond donors (Lipinski definition) is 1. The van der Waals surface area contributed by atoms with Crippen LogP contribution in [0.4, 0.5) is 4.79 Å². The Bertz CT molecular complexity index is 684. The Kier molecular flexibility index (Phi) is 5.15. The molecule has 24 heavy (non-hydrogen) atoms. The normalized spacial score (nSPS) is 15.7. The van der Waals surface area contributed by atoms with Gasteiger partial charge >= 0.3 is 6.03 Å². The Hall–Kier alpha value is -1.93. The van der Waals surface area contributed by atoms with Crippen molar-refractivity contribution in [2.75, 3.05) is 26.2 Å². The zero-order valence-corrected chi connectivity index (χ0v) is 15.2. The Labute approximate surface area is 145 Å². The van der Waals surface area contributed by atoms with Gasteiger partial charge in [-0.3, -0.25) is 4.90 Å². The van der Waals surface area contributed by atoms with Gasteiger partial charge in [-0.05, 0) is 20.8 Å². The van der Waals surface area contributed by atoms with E-state index < -0.39 is 0 Å². The van der Waals surface area contributed by atoms with Crippen molar-refractivity contribution in [3.05, 3.63) is 33.1 Å². The Balaban J connectivity index is 1.45. The van der Waals surface area contributed by atoms with Crippen molar-refractivity contribution in [3.8, 4) is 0 Å². The highest BCUT2D eigenvalue weighted by molar-refractivity contribution is 7.09. The first-order valence-electron chi connectivity index (χ1n) is 8.11. The molecule has 1 N–H and O–H groups in total. The molecule has 0 bridgehead atoms. The first-order chi connectivity index (χ1) is 11.5. The first kappa shape index (κ1) is 16.9. The van der Waals surface area contributed by atoms with Gasteiger partial charge in [-0.2, -0.15) is 0 Å². The maximum Gasteiger partial charge on any atom is 0.317 e. The molecule has 3 rings (SSSR count). The molecule has 2 aromatic rings. The molecule has 0 saturated carbocycles. The summed E-state index contributed by atoms with van der Waals surface area (Å²) < 4.78 is 5.12. The van der Waals surface area contributed by atoms with Crippen LogP contribution in [-0.4, -0.2) is 52.2 Å². The van der Waals surface area contributed by atoms with Crippen LogP contribution in [0.5, 0.6) is 0 Å². The molecule has 2 amide bonds. The number of rotatable bonds is 4. The number of aromatic nitrogens is 2. The minimum atomic E-state index is -0.0286. The van der Waals surface area contributed by atoms with Crippen LogP contribution in [0.25, 0.3) is 0 Å². The molecule has 0 radical (unpaired) electrons. The minimum absolute atomic E-state index is 0.0286. The van der Waals surface area contributed by atoms with E-state index in [-0.39, 0.29) is 6.03 Å². The number of thiazole rings is 1. The Morgan fingerprint density at radius 2 is 2.04 bits per heavy atom. The second-order valence-corrected chi connectivity index (χ2v) is 7.14. The number of carbonyl (C=O) groups is 1. The number of nitrogens with zero attached hydrogens (tertiary/aromatic N) is 4. The summed E-state index contributed by atoms with van der Waals surface area (Å²) in [6, 6.07) is -0.0286. The van der Waals surface area contributed by atoms with Gasteiger partial charge in [0.1, 0.15) is 5.76 Å². The lowest BCUT2D eigenvalue weighted by Crippen LogP contribution is -2.51. The van der Waals surface area contributed by atoms with Crippen molar-refractivity contribution < 1.29 is 9.32 Å². The van der Waals surface area contributed by atoms with Gasteiger partial charge in [0.25, 0.3) is 0 Å². The van der Waals surface area contributed by atoms with E-state index >= 15 is 0 Å². The number of urea groups is 1. The van der Waals surface area contributed by atoms with Gasteiger partial charge in [0, 0.05) is 50.2 Å². The van der Waals surface area contributed by atoms with Crippen LogP contribution in [-0.2, 0) is 13.1 Å². The van der Waals surface area contributed by atoms with Crippen molar-refractivity contribution in [1.29, 1.82) is 0 Å². The molecule has 0 atom stereocenters. The van der Waals surface area contributed by atoms with Gasteiger partial charge in [0.15, 0.2) is 0 Å². The van der Waals surface area contributed by atoms with Gasteiger partial charge < -0.3 is 14.7 Å². The second kappa shape index (κ2) is 7.31. The predicted octanol–water partition coefficient (Wildman–Crippen LogP) is 2.08. The summed E-state index contributed by atoms with van der Waals surface area (Å²) in [7, 11) is 0. The maximum absolute atomic E-state index is 12.3. The fourth-order valence-corrected chi connectivity index (χ4v) is 3.45. The van der Waals surface area contributed by atoms with E-state index in [4.69, 9.17) is 4.52 Å². The van der Waals surface area contributed by atoms with Gasteiger partial charge in [0.2, 0.25) is 0 Å². The second-order valence-electron chi connectivity index (χ2n) is 6.08. The molecule has 2 aromatic heterocycles. The third kappa shape index (κ3) is 3.93. The van der Waals surface area contributed by atoms with Crippen molar-refractivity contribution in [3.63, 3.8) is 0 Å². The number of aryl methyl sites for hydroxylation is 3. The third-order valence-electron chi connectivity index (χ3n) is 4.31. The molecule has 1 aliphatic rings. The molecule has 0 aliphatic carbocycles. The molecule has 3 heterocycles. The van der Waals surface area contributed by atoms with Crippen molar-refractivity contribution in [2.45, 2.75) is 33.9 Å². The lowest BCUT2D eigenvalue weighted by atomic mass is 10.2. The standard InChI is InChI=1S/C16H23N5O2S/c1-11-15(12(2)23-19-11)8-17-16(22)21-6-4-20(5-7-21)9-14-10-24-13(3)18-14/h10H,4-9H2,1-3H3,(H,17,22). The zero-order chi connectivity index (χ0) is 17.1. The van der Waals surface area contributed by atoms with E-state index in [1.165, 1.54) is 0 Å². The SMILES string of the molecule is Cc1nc(CN2CCN(C(=O)NCc3c(C)noc3C)CC2)cs1. The van der Waals surface area contributed by atoms with Gasteiger partial charge in [-0.1, -0.05) is 5.16 Å². The number of hydrogen-bond acceptors (Lipinski definition) is 6. The quantitative estimate of drug-likeness (QED) is 0.915. The summed E-state index contributed by atoms with van der Waals surface area (Å²) in [6.45, 7) is 10.3. The molecule has 0 unspecified atom stereocenters. The average Bonchev–Trinajstić information content (AvgIpc) is 3.12. The van der Waals surface area contributed by atoms with Crippen molar-refractivity contribution >= 4 is 17.4 Å². The van der Waals surface area contributed by atoms with Gasteiger partial charge in [0.05, 0.1) is 16.4 Å². The number of nitrogens with one attached hydrogen (secondary N) is 1. The van der Waals surface area contributed by atoms with Gasteiger partial charge in [-0.15, -0.1) is 11.3 Å². The summed E-state index contributed by atoms with van der Waals surface area (Å²) in [5.41, 5.74) is 2.91. The van der Waals surface area contributed by atoms with Crippen LogP contribution in [0.1, 0.15) is 27.7 Å². The highest BCUT2D eigenvalue weighted by Gasteiger charge is 2.22. The molecule has 0 aromatic carbocycles. The average molecular weight is 349 g/mol. The summed E-state index contributed by atoms with van der Waals surface area (Å²) >= 11 is 1.68. The zero-order valence-electron chi connectivity index (χ0n) is 14.3. The first-order valence-corrected chi connectivity index (χ1v) is 8.99. The predicted molar refractivity (Wildman–Crippen MR) is 91.9 cm³/mol. The molecule has 1 saturated heterocycles. The minimum Gasteiger partial charge on any atom is -0.361 e. The molecular formula is C16H23N5O2S. The monoisotopic (exact) mass is 349 g/mol. The van der Waals surface area contributed by atoms with Crippen LogP contribution >= 0.6 is 11.3 Å². The fraction of sp³-hybridized carbons (Fsp3) is 0.562. The molecule has 1 fully saturated rings. The maximum atomic E-state index is 12.3. The Morgan fingerprint density at radius 3 is 2.62 bits per heavy atom.